The molecule has 2 heterocycles. The number of aromatic nitrogens is 3. The van der Waals surface area contributed by atoms with Crippen molar-refractivity contribution >= 4 is 33.7 Å². The Morgan fingerprint density at radius 1 is 0.700 bits per heavy atom. The second-order valence-corrected chi connectivity index (χ2v) is 15.6. The fraction of sp³-hybridized carbons (Fsp3) is 0.614. The van der Waals surface area contributed by atoms with Crippen molar-refractivity contribution in [2.45, 2.75) is 175 Å². The van der Waals surface area contributed by atoms with Gasteiger partial charge in [-0.2, -0.15) is 0 Å². The van der Waals surface area contributed by atoms with Crippen LogP contribution in [0, 0.1) is 0 Å². The number of nitrogens with zero attached hydrogens (tertiary/aromatic N) is 4. The van der Waals surface area contributed by atoms with Gasteiger partial charge in [-0.05, 0) is 50.8 Å². The fourth-order valence-electron chi connectivity index (χ4n) is 7.20. The van der Waals surface area contributed by atoms with Gasteiger partial charge in [-0.1, -0.05) is 153 Å². The van der Waals surface area contributed by atoms with Gasteiger partial charge < -0.3 is 15.2 Å². The number of rotatable bonds is 23. The van der Waals surface area contributed by atoms with E-state index in [0.717, 1.165) is 65.4 Å². The summed E-state index contributed by atoms with van der Waals surface area (Å²) >= 11 is 0. The van der Waals surface area contributed by atoms with Crippen LogP contribution in [0.25, 0.3) is 21.9 Å². The Kier molecular flexibility index (Phi) is 16.1. The van der Waals surface area contributed by atoms with E-state index in [1.807, 2.05) is 12.1 Å². The fourth-order valence-corrected chi connectivity index (χ4v) is 7.20. The van der Waals surface area contributed by atoms with Crippen LogP contribution in [0.15, 0.2) is 48.5 Å². The molecule has 6 heteroatoms. The van der Waals surface area contributed by atoms with Crippen molar-refractivity contribution in [1.82, 2.24) is 19.4 Å². The molecule has 0 fully saturated rings. The molecule has 274 valence electrons. The van der Waals surface area contributed by atoms with Gasteiger partial charge in [0.15, 0.2) is 5.82 Å². The Morgan fingerprint density at radius 3 is 1.82 bits per heavy atom. The van der Waals surface area contributed by atoms with E-state index in [0.29, 0.717) is 25.3 Å². The highest BCUT2D eigenvalue weighted by molar-refractivity contribution is 6.06. The summed E-state index contributed by atoms with van der Waals surface area (Å²) in [6, 6.07) is 17.0. The van der Waals surface area contributed by atoms with E-state index in [2.05, 4.69) is 85.5 Å². The number of carbonyl (C=O) groups is 1. The number of hydrogen-bond acceptors (Lipinski definition) is 4. The van der Waals surface area contributed by atoms with Crippen LogP contribution in [-0.4, -0.2) is 30.9 Å². The maximum atomic E-state index is 13.5. The van der Waals surface area contributed by atoms with Gasteiger partial charge in [0.2, 0.25) is 5.91 Å². The minimum Gasteiger partial charge on any atom is -0.382 e. The Hall–Kier alpha value is -3.41. The average molecular weight is 682 g/mol. The van der Waals surface area contributed by atoms with E-state index in [1.54, 1.807) is 0 Å². The summed E-state index contributed by atoms with van der Waals surface area (Å²) in [6.07, 6.45) is 23.7. The summed E-state index contributed by atoms with van der Waals surface area (Å²) in [5.74, 6) is 1.81. The van der Waals surface area contributed by atoms with Gasteiger partial charge in [0, 0.05) is 36.9 Å². The number of nitrogens with two attached hydrogens (primary N) is 1. The Balaban J connectivity index is 1.26. The Morgan fingerprint density at radius 2 is 1.24 bits per heavy atom. The van der Waals surface area contributed by atoms with Gasteiger partial charge in [-0.15, -0.1) is 0 Å². The van der Waals surface area contributed by atoms with E-state index >= 15 is 0 Å². The third-order valence-electron chi connectivity index (χ3n) is 10.3. The average Bonchev–Trinajstić information content (AvgIpc) is 3.46. The van der Waals surface area contributed by atoms with Crippen molar-refractivity contribution in [2.75, 3.05) is 5.73 Å². The maximum absolute atomic E-state index is 13.5. The first-order valence-corrected chi connectivity index (χ1v) is 20.1. The summed E-state index contributed by atoms with van der Waals surface area (Å²) in [5, 5.41) is 1.08. The summed E-state index contributed by atoms with van der Waals surface area (Å²) in [5.41, 5.74) is 11.3. The van der Waals surface area contributed by atoms with E-state index in [4.69, 9.17) is 10.7 Å². The molecular weight excluding hydrogens is 615 g/mol. The highest BCUT2D eigenvalue weighted by atomic mass is 16.2. The minimum absolute atomic E-state index is 0.232. The standard InChI is InChI=1S/C44H67N5O/c1-6-8-10-11-12-13-14-15-16-17-18-19-20-21-22-28-40(50)49(44(3,4)5)34-36-31-29-35(30-32-36)33-48-39(27-9-7-2)47-41-42(48)37-25-23-24-26-38(37)46-43(41)45/h23-26,29-32H,6-22,27-28,33-34H2,1-5H3,(H2,45,46). The van der Waals surface area contributed by atoms with E-state index < -0.39 is 0 Å². The maximum Gasteiger partial charge on any atom is 0.223 e. The van der Waals surface area contributed by atoms with Gasteiger partial charge in [0.25, 0.3) is 0 Å². The third-order valence-corrected chi connectivity index (χ3v) is 10.3. The number of benzene rings is 2. The first-order chi connectivity index (χ1) is 24.2. The quantitative estimate of drug-likeness (QED) is 0.0790. The second kappa shape index (κ2) is 20.4. The molecule has 4 aromatic rings. The molecule has 4 rings (SSSR count). The van der Waals surface area contributed by atoms with Crippen LogP contribution in [-0.2, 0) is 24.3 Å². The molecule has 0 saturated heterocycles. The molecule has 0 atom stereocenters. The number of pyridine rings is 1. The van der Waals surface area contributed by atoms with Crippen LogP contribution in [0.4, 0.5) is 5.82 Å². The zero-order valence-corrected chi connectivity index (χ0v) is 32.2. The van der Waals surface area contributed by atoms with Gasteiger partial charge in [0.1, 0.15) is 11.3 Å². The summed E-state index contributed by atoms with van der Waals surface area (Å²) in [7, 11) is 0. The van der Waals surface area contributed by atoms with Crippen LogP contribution < -0.4 is 5.73 Å². The minimum atomic E-state index is -0.232. The second-order valence-electron chi connectivity index (χ2n) is 15.6. The van der Waals surface area contributed by atoms with Crippen LogP contribution in [0.2, 0.25) is 0 Å². The van der Waals surface area contributed by atoms with Crippen LogP contribution in [0.5, 0.6) is 0 Å². The first kappa shape index (κ1) is 39.4. The molecule has 2 aromatic carbocycles. The van der Waals surface area contributed by atoms with Crippen molar-refractivity contribution in [3.8, 4) is 0 Å². The van der Waals surface area contributed by atoms with Crippen LogP contribution in [0.1, 0.15) is 167 Å². The zero-order chi connectivity index (χ0) is 35.8. The topological polar surface area (TPSA) is 77.0 Å². The molecule has 0 spiro atoms. The van der Waals surface area contributed by atoms with Crippen LogP contribution in [0.3, 0.4) is 0 Å². The predicted octanol–water partition coefficient (Wildman–Crippen LogP) is 11.9. The van der Waals surface area contributed by atoms with Crippen molar-refractivity contribution in [3.05, 3.63) is 65.5 Å². The summed E-state index contributed by atoms with van der Waals surface area (Å²) < 4.78 is 2.34. The molecule has 2 N–H and O–H groups in total. The molecule has 0 bridgehead atoms. The van der Waals surface area contributed by atoms with E-state index in [9.17, 15) is 4.79 Å². The number of amides is 1. The molecule has 0 aliphatic rings. The number of unbranched alkanes of at least 4 members (excludes halogenated alkanes) is 15. The Bertz CT molecular complexity index is 1580. The molecule has 0 aliphatic heterocycles. The van der Waals surface area contributed by atoms with Crippen molar-refractivity contribution in [1.29, 1.82) is 0 Å². The van der Waals surface area contributed by atoms with Crippen molar-refractivity contribution in [3.63, 3.8) is 0 Å². The van der Waals surface area contributed by atoms with E-state index in [-0.39, 0.29) is 11.4 Å². The van der Waals surface area contributed by atoms with Crippen molar-refractivity contribution in [2.24, 2.45) is 0 Å². The molecule has 0 aliphatic carbocycles. The zero-order valence-electron chi connectivity index (χ0n) is 32.2. The smallest absolute Gasteiger partial charge is 0.223 e. The summed E-state index contributed by atoms with van der Waals surface area (Å²) in [4.78, 5) is 25.2. The molecule has 6 nitrogen and oxygen atoms in total. The lowest BCUT2D eigenvalue weighted by Gasteiger charge is -2.36. The molecule has 50 heavy (non-hydrogen) atoms. The lowest BCUT2D eigenvalue weighted by molar-refractivity contribution is -0.136. The SMILES string of the molecule is CCCCCCCCCCCCCCCCCC(=O)N(Cc1ccc(Cn2c(CCCC)nc3c(N)nc4ccccc4c32)cc1)C(C)(C)C. The molecule has 0 radical (unpaired) electrons. The van der Waals surface area contributed by atoms with Gasteiger partial charge in [0.05, 0.1) is 11.0 Å². The number of aryl methyl sites for hydroxylation is 1. The molecule has 0 saturated carbocycles. The number of carbonyl (C=O) groups excluding carboxylic acids is 1. The normalized spacial score (nSPS) is 11.9. The lowest BCUT2D eigenvalue weighted by Crippen LogP contribution is -2.45. The van der Waals surface area contributed by atoms with Gasteiger partial charge in [-0.3, -0.25) is 4.79 Å². The Labute approximate surface area is 303 Å². The lowest BCUT2D eigenvalue weighted by atomic mass is 10.0. The highest BCUT2D eigenvalue weighted by Crippen LogP contribution is 2.30. The molecule has 1 amide bonds. The number of nitrogen functional groups attached to an aromatic ring is 1. The monoisotopic (exact) mass is 682 g/mol. The predicted molar refractivity (Wildman–Crippen MR) is 213 cm³/mol. The van der Waals surface area contributed by atoms with Crippen LogP contribution >= 0.6 is 0 Å². The summed E-state index contributed by atoms with van der Waals surface area (Å²) in [6.45, 7) is 12.3. The van der Waals surface area contributed by atoms with E-state index in [1.165, 1.54) is 89.0 Å². The number of anilines is 1. The molecular formula is C44H67N5O. The number of fused-ring (bicyclic) bond motifs is 3. The highest BCUT2D eigenvalue weighted by Gasteiger charge is 2.26. The third kappa shape index (κ3) is 11.8. The number of hydrogen-bond donors (Lipinski definition) is 1. The first-order valence-electron chi connectivity index (χ1n) is 20.1. The molecule has 0 unspecified atom stereocenters. The van der Waals surface area contributed by atoms with Crippen molar-refractivity contribution < 1.29 is 4.79 Å². The largest absolute Gasteiger partial charge is 0.382 e. The number of imidazole rings is 1. The van der Waals surface area contributed by atoms with Gasteiger partial charge in [-0.25, -0.2) is 9.97 Å². The molecule has 2 aromatic heterocycles. The van der Waals surface area contributed by atoms with Gasteiger partial charge >= 0.3 is 0 Å². The number of para-hydroxylation sites is 1.